The van der Waals surface area contributed by atoms with E-state index in [0.717, 1.165) is 61.8 Å². The molecule has 0 aromatic carbocycles. The standard InChI is InChI=1S/C20H28N2O4S/c1-13(23)21-19-18(15-10-6-7-11-16(15)27-19)20(25)26-12-17(24)22-14-8-4-2-3-5-9-14/h14H,2-12H2,1H3,(H,21,23)(H,22,24). The third kappa shape index (κ3) is 5.31. The van der Waals surface area contributed by atoms with E-state index in [0.29, 0.717) is 10.6 Å². The highest BCUT2D eigenvalue weighted by molar-refractivity contribution is 7.17. The van der Waals surface area contributed by atoms with E-state index in [1.54, 1.807) is 0 Å². The number of rotatable bonds is 5. The molecule has 7 heteroatoms. The number of aryl methyl sites for hydroxylation is 1. The van der Waals surface area contributed by atoms with Gasteiger partial charge in [0.05, 0.1) is 5.56 Å². The number of fused-ring (bicyclic) bond motifs is 1. The lowest BCUT2D eigenvalue weighted by Crippen LogP contribution is -2.37. The van der Waals surface area contributed by atoms with E-state index >= 15 is 0 Å². The summed E-state index contributed by atoms with van der Waals surface area (Å²) in [6.45, 7) is 1.15. The Morgan fingerprint density at radius 2 is 1.74 bits per heavy atom. The smallest absolute Gasteiger partial charge is 0.341 e. The Morgan fingerprint density at radius 1 is 1.04 bits per heavy atom. The lowest BCUT2D eigenvalue weighted by Gasteiger charge is -2.16. The van der Waals surface area contributed by atoms with Gasteiger partial charge in [-0.2, -0.15) is 0 Å². The summed E-state index contributed by atoms with van der Waals surface area (Å²) in [6.07, 6.45) is 10.5. The molecule has 0 aliphatic heterocycles. The molecule has 1 aromatic heterocycles. The van der Waals surface area contributed by atoms with Crippen molar-refractivity contribution >= 4 is 34.1 Å². The lowest BCUT2D eigenvalue weighted by molar-refractivity contribution is -0.125. The van der Waals surface area contributed by atoms with Gasteiger partial charge in [-0.05, 0) is 44.1 Å². The Labute approximate surface area is 164 Å². The molecule has 0 saturated heterocycles. The van der Waals surface area contributed by atoms with E-state index in [4.69, 9.17) is 4.74 Å². The number of thiophene rings is 1. The molecule has 1 aromatic rings. The third-order valence-corrected chi connectivity index (χ3v) is 6.43. The van der Waals surface area contributed by atoms with Crippen LogP contribution in [0.4, 0.5) is 5.00 Å². The van der Waals surface area contributed by atoms with Crippen molar-refractivity contribution in [3.8, 4) is 0 Å². The third-order valence-electron chi connectivity index (χ3n) is 5.22. The predicted molar refractivity (Wildman–Crippen MR) is 105 cm³/mol. The summed E-state index contributed by atoms with van der Waals surface area (Å²) in [5, 5.41) is 6.28. The topological polar surface area (TPSA) is 84.5 Å². The van der Waals surface area contributed by atoms with Crippen molar-refractivity contribution in [1.29, 1.82) is 0 Å². The first kappa shape index (κ1) is 19.9. The van der Waals surface area contributed by atoms with Crippen molar-refractivity contribution in [3.63, 3.8) is 0 Å². The highest BCUT2D eigenvalue weighted by Crippen LogP contribution is 2.38. The Bertz CT molecular complexity index is 705. The highest BCUT2D eigenvalue weighted by atomic mass is 32.1. The summed E-state index contributed by atoms with van der Waals surface area (Å²) in [5.41, 5.74) is 1.41. The molecule has 2 aliphatic rings. The maximum Gasteiger partial charge on any atom is 0.341 e. The summed E-state index contributed by atoms with van der Waals surface area (Å²) < 4.78 is 5.31. The summed E-state index contributed by atoms with van der Waals surface area (Å²) in [4.78, 5) is 37.5. The van der Waals surface area contributed by atoms with Crippen LogP contribution >= 0.6 is 11.3 Å². The van der Waals surface area contributed by atoms with Crippen LogP contribution < -0.4 is 10.6 Å². The minimum Gasteiger partial charge on any atom is -0.452 e. The second-order valence-corrected chi connectivity index (χ2v) is 8.53. The van der Waals surface area contributed by atoms with Crippen molar-refractivity contribution < 1.29 is 19.1 Å². The molecule has 0 radical (unpaired) electrons. The number of ether oxygens (including phenoxy) is 1. The number of carbonyl (C=O) groups is 3. The number of anilines is 1. The average Bonchev–Trinajstić information content (AvgIpc) is 2.79. The van der Waals surface area contributed by atoms with Crippen LogP contribution in [0.2, 0.25) is 0 Å². The van der Waals surface area contributed by atoms with Gasteiger partial charge < -0.3 is 15.4 Å². The second kappa shape index (κ2) is 9.35. The molecule has 2 N–H and O–H groups in total. The fourth-order valence-electron chi connectivity index (χ4n) is 3.93. The van der Waals surface area contributed by atoms with Gasteiger partial charge in [0.15, 0.2) is 6.61 Å². The molecule has 1 fully saturated rings. The highest BCUT2D eigenvalue weighted by Gasteiger charge is 2.27. The molecule has 3 rings (SSSR count). The summed E-state index contributed by atoms with van der Waals surface area (Å²) in [6, 6.07) is 0.183. The molecule has 27 heavy (non-hydrogen) atoms. The van der Waals surface area contributed by atoms with Gasteiger partial charge in [0.2, 0.25) is 5.91 Å². The van der Waals surface area contributed by atoms with Crippen LogP contribution in [0.15, 0.2) is 0 Å². The lowest BCUT2D eigenvalue weighted by atomic mass is 9.95. The fraction of sp³-hybridized carbons (Fsp3) is 0.650. The maximum atomic E-state index is 12.7. The second-order valence-electron chi connectivity index (χ2n) is 7.43. The largest absolute Gasteiger partial charge is 0.452 e. The fourth-order valence-corrected chi connectivity index (χ4v) is 5.25. The first-order valence-corrected chi connectivity index (χ1v) is 10.7. The van der Waals surface area contributed by atoms with E-state index in [2.05, 4.69) is 10.6 Å². The molecular weight excluding hydrogens is 364 g/mol. The normalized spacial score (nSPS) is 17.5. The monoisotopic (exact) mass is 392 g/mol. The summed E-state index contributed by atoms with van der Waals surface area (Å²) in [7, 11) is 0. The number of esters is 1. The van der Waals surface area contributed by atoms with Crippen molar-refractivity contribution in [2.75, 3.05) is 11.9 Å². The number of carbonyl (C=O) groups excluding carboxylic acids is 3. The zero-order chi connectivity index (χ0) is 19.2. The first-order valence-electron chi connectivity index (χ1n) is 9.93. The molecule has 148 valence electrons. The molecule has 0 spiro atoms. The molecular formula is C20H28N2O4S. The molecule has 2 amide bonds. The zero-order valence-corrected chi connectivity index (χ0v) is 16.7. The maximum absolute atomic E-state index is 12.7. The van der Waals surface area contributed by atoms with Gasteiger partial charge in [-0.15, -0.1) is 11.3 Å². The van der Waals surface area contributed by atoms with Crippen LogP contribution in [0.25, 0.3) is 0 Å². The zero-order valence-electron chi connectivity index (χ0n) is 15.9. The molecule has 0 unspecified atom stereocenters. The Kier molecular flexibility index (Phi) is 6.88. The van der Waals surface area contributed by atoms with Gasteiger partial charge in [0.25, 0.3) is 5.91 Å². The van der Waals surface area contributed by atoms with Gasteiger partial charge in [-0.1, -0.05) is 25.7 Å². The van der Waals surface area contributed by atoms with Crippen molar-refractivity contribution in [2.24, 2.45) is 0 Å². The number of nitrogens with one attached hydrogen (secondary N) is 2. The van der Waals surface area contributed by atoms with Crippen LogP contribution in [-0.2, 0) is 27.2 Å². The molecule has 6 nitrogen and oxygen atoms in total. The van der Waals surface area contributed by atoms with Gasteiger partial charge in [0, 0.05) is 17.8 Å². The minimum atomic E-state index is -0.519. The van der Waals surface area contributed by atoms with Gasteiger partial charge in [-0.25, -0.2) is 4.79 Å². The van der Waals surface area contributed by atoms with Crippen molar-refractivity contribution in [2.45, 2.75) is 77.2 Å². The molecule has 0 atom stereocenters. The van der Waals surface area contributed by atoms with E-state index in [1.165, 1.54) is 31.1 Å². The molecule has 1 heterocycles. The van der Waals surface area contributed by atoms with Gasteiger partial charge >= 0.3 is 5.97 Å². The first-order chi connectivity index (χ1) is 13.0. The van der Waals surface area contributed by atoms with Gasteiger partial charge in [0.1, 0.15) is 5.00 Å². The Balaban J connectivity index is 1.62. The van der Waals surface area contributed by atoms with Crippen LogP contribution in [-0.4, -0.2) is 30.4 Å². The van der Waals surface area contributed by atoms with Crippen LogP contribution in [0.5, 0.6) is 0 Å². The van der Waals surface area contributed by atoms with Crippen LogP contribution in [0.3, 0.4) is 0 Å². The van der Waals surface area contributed by atoms with Crippen molar-refractivity contribution in [3.05, 3.63) is 16.0 Å². The van der Waals surface area contributed by atoms with Crippen LogP contribution in [0.1, 0.15) is 79.1 Å². The summed E-state index contributed by atoms with van der Waals surface area (Å²) >= 11 is 1.45. The SMILES string of the molecule is CC(=O)Nc1sc2c(c1C(=O)OCC(=O)NC1CCCCCC1)CCCC2. The number of amides is 2. The molecule has 1 saturated carbocycles. The van der Waals surface area contributed by atoms with E-state index in [9.17, 15) is 14.4 Å². The molecule has 2 aliphatic carbocycles. The Hall–Kier alpha value is -1.89. The van der Waals surface area contributed by atoms with E-state index < -0.39 is 5.97 Å². The molecule has 0 bridgehead atoms. The quantitative estimate of drug-likeness (QED) is 0.592. The van der Waals surface area contributed by atoms with E-state index in [1.807, 2.05) is 0 Å². The Morgan fingerprint density at radius 3 is 2.44 bits per heavy atom. The average molecular weight is 393 g/mol. The van der Waals surface area contributed by atoms with E-state index in [-0.39, 0.29) is 24.5 Å². The predicted octanol–water partition coefficient (Wildman–Crippen LogP) is 3.58. The number of hydrogen-bond donors (Lipinski definition) is 2. The van der Waals surface area contributed by atoms with Crippen molar-refractivity contribution in [1.82, 2.24) is 5.32 Å². The minimum absolute atomic E-state index is 0.183. The van der Waals surface area contributed by atoms with Crippen LogP contribution in [0, 0.1) is 0 Å². The summed E-state index contributed by atoms with van der Waals surface area (Å²) in [5.74, 6) is -0.983. The van der Waals surface area contributed by atoms with Gasteiger partial charge in [-0.3, -0.25) is 9.59 Å². The number of hydrogen-bond acceptors (Lipinski definition) is 5.